The van der Waals surface area contributed by atoms with Crippen LogP contribution >= 0.6 is 0 Å². The van der Waals surface area contributed by atoms with Crippen molar-refractivity contribution in [2.24, 2.45) is 0 Å². The maximum atomic E-state index is 12.1. The van der Waals surface area contributed by atoms with Crippen LogP contribution in [-0.4, -0.2) is 36.9 Å². The summed E-state index contributed by atoms with van der Waals surface area (Å²) in [6, 6.07) is 4.60. The minimum Gasteiger partial charge on any atom is -0.472 e. The van der Waals surface area contributed by atoms with E-state index in [2.05, 4.69) is 15.6 Å². The van der Waals surface area contributed by atoms with Gasteiger partial charge in [-0.25, -0.2) is 4.98 Å². The number of nitrogens with one attached hydrogen (secondary N) is 2. The molecule has 7 nitrogen and oxygen atoms in total. The van der Waals surface area contributed by atoms with Crippen molar-refractivity contribution in [2.75, 3.05) is 19.0 Å². The number of aromatic nitrogens is 1. The molecule has 0 bridgehead atoms. The van der Waals surface area contributed by atoms with Crippen LogP contribution in [-0.2, 0) is 11.3 Å². The Morgan fingerprint density at radius 2 is 2.13 bits per heavy atom. The zero-order valence-corrected chi connectivity index (χ0v) is 13.4. The zero-order valence-electron chi connectivity index (χ0n) is 13.4. The largest absolute Gasteiger partial charge is 0.472 e. The SMILES string of the molecule is C[C@@H](NC(=O)c1ccoc1)C(=O)NCc1cccnc1N(C)C. The second-order valence-corrected chi connectivity index (χ2v) is 5.31. The Balaban J connectivity index is 1.91. The van der Waals surface area contributed by atoms with Crippen LogP contribution in [0.25, 0.3) is 0 Å². The van der Waals surface area contributed by atoms with Crippen LogP contribution in [0.1, 0.15) is 22.8 Å². The van der Waals surface area contributed by atoms with Gasteiger partial charge in [0.2, 0.25) is 5.91 Å². The predicted molar refractivity (Wildman–Crippen MR) is 86.0 cm³/mol. The van der Waals surface area contributed by atoms with Gasteiger partial charge in [-0.05, 0) is 19.1 Å². The summed E-state index contributed by atoms with van der Waals surface area (Å²) in [5, 5.41) is 5.42. The van der Waals surface area contributed by atoms with E-state index in [-0.39, 0.29) is 11.8 Å². The molecule has 0 unspecified atom stereocenters. The molecule has 23 heavy (non-hydrogen) atoms. The van der Waals surface area contributed by atoms with Crippen LogP contribution in [0.15, 0.2) is 41.3 Å². The Morgan fingerprint density at radius 1 is 1.35 bits per heavy atom. The summed E-state index contributed by atoms with van der Waals surface area (Å²) in [6.45, 7) is 1.97. The van der Waals surface area contributed by atoms with E-state index < -0.39 is 6.04 Å². The Labute approximate surface area is 134 Å². The van der Waals surface area contributed by atoms with E-state index in [0.29, 0.717) is 12.1 Å². The molecule has 122 valence electrons. The van der Waals surface area contributed by atoms with Gasteiger partial charge in [-0.1, -0.05) is 6.07 Å². The van der Waals surface area contributed by atoms with Crippen LogP contribution in [0.2, 0.25) is 0 Å². The van der Waals surface area contributed by atoms with E-state index in [1.807, 2.05) is 31.1 Å². The number of anilines is 1. The van der Waals surface area contributed by atoms with Gasteiger partial charge in [-0.15, -0.1) is 0 Å². The van der Waals surface area contributed by atoms with E-state index in [1.165, 1.54) is 12.5 Å². The quantitative estimate of drug-likeness (QED) is 0.835. The maximum absolute atomic E-state index is 12.1. The summed E-state index contributed by atoms with van der Waals surface area (Å²) in [7, 11) is 3.78. The molecule has 2 aromatic rings. The van der Waals surface area contributed by atoms with Crippen LogP contribution in [0.3, 0.4) is 0 Å². The minimum absolute atomic E-state index is 0.268. The average molecular weight is 316 g/mol. The molecule has 0 aliphatic heterocycles. The van der Waals surface area contributed by atoms with Crippen LogP contribution in [0, 0.1) is 0 Å². The molecule has 0 fully saturated rings. The predicted octanol–water partition coefficient (Wildman–Crippen LogP) is 1.18. The number of nitrogens with zero attached hydrogens (tertiary/aromatic N) is 2. The third-order valence-electron chi connectivity index (χ3n) is 3.27. The van der Waals surface area contributed by atoms with Crippen LogP contribution in [0.4, 0.5) is 5.82 Å². The van der Waals surface area contributed by atoms with Gasteiger partial charge >= 0.3 is 0 Å². The summed E-state index contributed by atoms with van der Waals surface area (Å²) >= 11 is 0. The molecule has 2 N–H and O–H groups in total. The molecule has 2 aromatic heterocycles. The standard InChI is InChI=1S/C16H20N4O3/c1-11(19-16(22)13-6-8-23-10-13)15(21)18-9-12-5-4-7-17-14(12)20(2)3/h4-8,10-11H,9H2,1-3H3,(H,18,21)(H,19,22)/t11-/m1/s1. The number of carbonyl (C=O) groups is 2. The molecule has 2 amide bonds. The fraction of sp³-hybridized carbons (Fsp3) is 0.312. The summed E-state index contributed by atoms with van der Waals surface area (Å²) in [5.74, 6) is 0.176. The Hall–Kier alpha value is -2.83. The van der Waals surface area contributed by atoms with Crippen molar-refractivity contribution < 1.29 is 14.0 Å². The summed E-state index contributed by atoms with van der Waals surface area (Å²) in [5.41, 5.74) is 1.28. The highest BCUT2D eigenvalue weighted by atomic mass is 16.3. The second kappa shape index (κ2) is 7.44. The monoisotopic (exact) mass is 316 g/mol. The molecule has 0 saturated heterocycles. The van der Waals surface area contributed by atoms with Gasteiger partial charge in [-0.2, -0.15) is 0 Å². The van der Waals surface area contributed by atoms with E-state index in [1.54, 1.807) is 19.2 Å². The lowest BCUT2D eigenvalue weighted by atomic mass is 10.2. The Morgan fingerprint density at radius 3 is 2.78 bits per heavy atom. The molecule has 2 rings (SSSR count). The molecular weight excluding hydrogens is 296 g/mol. The smallest absolute Gasteiger partial charge is 0.255 e. The Bertz CT molecular complexity index is 668. The highest BCUT2D eigenvalue weighted by Crippen LogP contribution is 2.13. The molecule has 0 radical (unpaired) electrons. The number of hydrogen-bond acceptors (Lipinski definition) is 5. The molecule has 2 heterocycles. The second-order valence-electron chi connectivity index (χ2n) is 5.31. The van der Waals surface area contributed by atoms with Crippen molar-refractivity contribution in [1.82, 2.24) is 15.6 Å². The van der Waals surface area contributed by atoms with Gasteiger partial charge in [0.15, 0.2) is 0 Å². The van der Waals surface area contributed by atoms with Gasteiger partial charge in [0.25, 0.3) is 5.91 Å². The number of pyridine rings is 1. The van der Waals surface area contributed by atoms with Crippen molar-refractivity contribution in [3.63, 3.8) is 0 Å². The van der Waals surface area contributed by atoms with Gasteiger partial charge in [0, 0.05) is 32.4 Å². The van der Waals surface area contributed by atoms with Gasteiger partial charge in [0.05, 0.1) is 11.8 Å². The van der Waals surface area contributed by atoms with Gasteiger partial charge in [-0.3, -0.25) is 9.59 Å². The topological polar surface area (TPSA) is 87.5 Å². The zero-order chi connectivity index (χ0) is 16.8. The van der Waals surface area contributed by atoms with Crippen molar-refractivity contribution >= 4 is 17.6 Å². The lowest BCUT2D eigenvalue weighted by Gasteiger charge is -2.17. The molecule has 0 saturated carbocycles. The fourth-order valence-corrected chi connectivity index (χ4v) is 2.05. The van der Waals surface area contributed by atoms with Crippen LogP contribution in [0.5, 0.6) is 0 Å². The molecular formula is C16H20N4O3. The third kappa shape index (κ3) is 4.32. The van der Waals surface area contributed by atoms with Crippen molar-refractivity contribution in [3.8, 4) is 0 Å². The first kappa shape index (κ1) is 16.5. The van der Waals surface area contributed by atoms with Crippen molar-refractivity contribution in [2.45, 2.75) is 19.5 Å². The number of carbonyl (C=O) groups excluding carboxylic acids is 2. The lowest BCUT2D eigenvalue weighted by Crippen LogP contribution is -2.44. The minimum atomic E-state index is -0.656. The van der Waals surface area contributed by atoms with E-state index in [9.17, 15) is 9.59 Å². The van der Waals surface area contributed by atoms with Gasteiger partial charge < -0.3 is 20.0 Å². The first-order valence-electron chi connectivity index (χ1n) is 7.21. The summed E-state index contributed by atoms with van der Waals surface area (Å²) < 4.78 is 4.85. The average Bonchev–Trinajstić information content (AvgIpc) is 3.07. The summed E-state index contributed by atoms with van der Waals surface area (Å²) in [4.78, 5) is 30.1. The van der Waals surface area contributed by atoms with Crippen LogP contribution < -0.4 is 15.5 Å². The molecule has 7 heteroatoms. The summed E-state index contributed by atoms with van der Waals surface area (Å²) in [6.07, 6.45) is 4.44. The van der Waals surface area contributed by atoms with E-state index in [4.69, 9.17) is 4.42 Å². The highest BCUT2D eigenvalue weighted by Gasteiger charge is 2.17. The van der Waals surface area contributed by atoms with E-state index >= 15 is 0 Å². The lowest BCUT2D eigenvalue weighted by molar-refractivity contribution is -0.122. The molecule has 0 aliphatic carbocycles. The highest BCUT2D eigenvalue weighted by molar-refractivity contribution is 5.97. The van der Waals surface area contributed by atoms with Crippen molar-refractivity contribution in [3.05, 3.63) is 48.0 Å². The number of rotatable bonds is 6. The molecule has 0 spiro atoms. The van der Waals surface area contributed by atoms with E-state index in [0.717, 1.165) is 11.4 Å². The normalized spacial score (nSPS) is 11.6. The fourth-order valence-electron chi connectivity index (χ4n) is 2.05. The molecule has 0 aromatic carbocycles. The Kier molecular flexibility index (Phi) is 5.35. The first-order valence-corrected chi connectivity index (χ1v) is 7.21. The third-order valence-corrected chi connectivity index (χ3v) is 3.27. The number of amides is 2. The van der Waals surface area contributed by atoms with Gasteiger partial charge in [0.1, 0.15) is 18.1 Å². The number of hydrogen-bond donors (Lipinski definition) is 2. The maximum Gasteiger partial charge on any atom is 0.255 e. The molecule has 0 aliphatic rings. The number of furan rings is 1. The van der Waals surface area contributed by atoms with Crippen molar-refractivity contribution in [1.29, 1.82) is 0 Å². The molecule has 1 atom stereocenters. The first-order chi connectivity index (χ1) is 11.0.